The zero-order valence-electron chi connectivity index (χ0n) is 15.8. The fourth-order valence-electron chi connectivity index (χ4n) is 2.78. The van der Waals surface area contributed by atoms with E-state index in [1.165, 1.54) is 18.2 Å². The van der Waals surface area contributed by atoms with E-state index in [0.29, 0.717) is 32.7 Å². The molecule has 3 amide bonds. The molecule has 0 spiro atoms. The number of hydrogen-bond donors (Lipinski definition) is 2. The van der Waals surface area contributed by atoms with E-state index < -0.39 is 11.7 Å². The normalized spacial score (nSPS) is 15.9. The molecule has 27 heavy (non-hydrogen) atoms. The molecule has 1 aliphatic rings. The molecule has 0 aromatic heterocycles. The predicted molar refractivity (Wildman–Crippen MR) is 99.6 cm³/mol. The van der Waals surface area contributed by atoms with Crippen molar-refractivity contribution in [1.29, 1.82) is 0 Å². The minimum absolute atomic E-state index is 0.00789. The van der Waals surface area contributed by atoms with Crippen molar-refractivity contribution in [2.75, 3.05) is 39.3 Å². The lowest BCUT2D eigenvalue weighted by Gasteiger charge is -2.34. The summed E-state index contributed by atoms with van der Waals surface area (Å²) in [5.74, 6) is -1.18. The summed E-state index contributed by atoms with van der Waals surface area (Å²) in [4.78, 5) is 39.8. The van der Waals surface area contributed by atoms with Crippen LogP contribution in [-0.4, -0.2) is 72.8 Å². The summed E-state index contributed by atoms with van der Waals surface area (Å²) in [6, 6.07) is 5.48. The van der Waals surface area contributed by atoms with Crippen LogP contribution in [0.2, 0.25) is 0 Å². The van der Waals surface area contributed by atoms with Crippen molar-refractivity contribution in [3.8, 4) is 0 Å². The van der Waals surface area contributed by atoms with E-state index in [-0.39, 0.29) is 30.0 Å². The first kappa shape index (κ1) is 20.8. The third kappa shape index (κ3) is 6.63. The molecule has 0 aliphatic carbocycles. The van der Waals surface area contributed by atoms with Gasteiger partial charge in [0.25, 0.3) is 5.91 Å². The molecule has 8 heteroatoms. The zero-order valence-corrected chi connectivity index (χ0v) is 15.8. The molecule has 1 fully saturated rings. The number of halogens is 1. The zero-order chi connectivity index (χ0) is 19.8. The molecular formula is C19H27FN4O3. The standard InChI is InChI=1S/C19H27FN4O3/c1-3-14(2)22-17(25)13-23-7-9-24(10-8-23)18(26)12-21-19(27)15-5-4-6-16(20)11-15/h4-6,11,14H,3,7-10,12-13H2,1-2H3,(H,21,27)(H,22,25). The average molecular weight is 378 g/mol. The largest absolute Gasteiger partial charge is 0.353 e. The molecular weight excluding hydrogens is 351 g/mol. The maximum atomic E-state index is 13.1. The van der Waals surface area contributed by atoms with Gasteiger partial charge in [-0.3, -0.25) is 19.3 Å². The van der Waals surface area contributed by atoms with Gasteiger partial charge in [-0.25, -0.2) is 4.39 Å². The summed E-state index contributed by atoms with van der Waals surface area (Å²) < 4.78 is 13.1. The van der Waals surface area contributed by atoms with Gasteiger partial charge in [0.05, 0.1) is 13.1 Å². The van der Waals surface area contributed by atoms with Crippen LogP contribution in [-0.2, 0) is 9.59 Å². The van der Waals surface area contributed by atoms with Crippen molar-refractivity contribution in [2.24, 2.45) is 0 Å². The van der Waals surface area contributed by atoms with E-state index in [2.05, 4.69) is 10.6 Å². The molecule has 1 aromatic rings. The van der Waals surface area contributed by atoms with Gasteiger partial charge in [0.2, 0.25) is 11.8 Å². The topological polar surface area (TPSA) is 81.8 Å². The van der Waals surface area contributed by atoms with Crippen molar-refractivity contribution in [2.45, 2.75) is 26.3 Å². The second kappa shape index (κ2) is 10.0. The SMILES string of the molecule is CCC(C)NC(=O)CN1CCN(C(=O)CNC(=O)c2cccc(F)c2)CC1. The lowest BCUT2D eigenvalue weighted by atomic mass is 10.2. The smallest absolute Gasteiger partial charge is 0.251 e. The maximum Gasteiger partial charge on any atom is 0.251 e. The molecule has 7 nitrogen and oxygen atoms in total. The van der Waals surface area contributed by atoms with E-state index in [0.717, 1.165) is 12.5 Å². The van der Waals surface area contributed by atoms with Gasteiger partial charge >= 0.3 is 0 Å². The monoisotopic (exact) mass is 378 g/mol. The number of benzene rings is 1. The van der Waals surface area contributed by atoms with E-state index >= 15 is 0 Å². The molecule has 1 heterocycles. The van der Waals surface area contributed by atoms with Gasteiger partial charge in [-0.1, -0.05) is 13.0 Å². The number of amides is 3. The highest BCUT2D eigenvalue weighted by molar-refractivity contribution is 5.96. The van der Waals surface area contributed by atoms with E-state index in [1.54, 1.807) is 4.90 Å². The Hall–Kier alpha value is -2.48. The number of carbonyl (C=O) groups excluding carboxylic acids is 3. The van der Waals surface area contributed by atoms with Crippen LogP contribution < -0.4 is 10.6 Å². The molecule has 2 N–H and O–H groups in total. The summed E-state index contributed by atoms with van der Waals surface area (Å²) >= 11 is 0. The Bertz CT molecular complexity index is 675. The van der Waals surface area contributed by atoms with Crippen molar-refractivity contribution >= 4 is 17.7 Å². The lowest BCUT2D eigenvalue weighted by Crippen LogP contribution is -2.53. The predicted octanol–water partition coefficient (Wildman–Crippen LogP) is 0.614. The molecule has 0 saturated carbocycles. The Morgan fingerprint density at radius 3 is 2.52 bits per heavy atom. The summed E-state index contributed by atoms with van der Waals surface area (Å²) in [5.41, 5.74) is 0.180. The Morgan fingerprint density at radius 2 is 1.89 bits per heavy atom. The molecule has 2 rings (SSSR count). The number of rotatable bonds is 7. The van der Waals surface area contributed by atoms with E-state index in [9.17, 15) is 18.8 Å². The molecule has 1 unspecified atom stereocenters. The number of carbonyl (C=O) groups is 3. The third-order valence-corrected chi connectivity index (χ3v) is 4.60. The number of nitrogens with zero attached hydrogens (tertiary/aromatic N) is 2. The van der Waals surface area contributed by atoms with Crippen LogP contribution in [0.1, 0.15) is 30.6 Å². The molecule has 1 aromatic carbocycles. The highest BCUT2D eigenvalue weighted by atomic mass is 19.1. The van der Waals surface area contributed by atoms with Crippen LogP contribution in [0.3, 0.4) is 0 Å². The Kier molecular flexibility index (Phi) is 7.72. The first-order chi connectivity index (χ1) is 12.9. The van der Waals surface area contributed by atoms with Crippen LogP contribution >= 0.6 is 0 Å². The Labute approximate surface area is 158 Å². The van der Waals surface area contributed by atoms with E-state index in [4.69, 9.17) is 0 Å². The van der Waals surface area contributed by atoms with Gasteiger partial charge < -0.3 is 15.5 Å². The van der Waals surface area contributed by atoms with Gasteiger partial charge in [-0.15, -0.1) is 0 Å². The van der Waals surface area contributed by atoms with Crippen molar-refractivity contribution in [3.05, 3.63) is 35.6 Å². The second-order valence-corrected chi connectivity index (χ2v) is 6.73. The van der Waals surface area contributed by atoms with Crippen LogP contribution in [0.25, 0.3) is 0 Å². The number of hydrogen-bond acceptors (Lipinski definition) is 4. The summed E-state index contributed by atoms with van der Waals surface area (Å²) in [5, 5.41) is 5.45. The highest BCUT2D eigenvalue weighted by Gasteiger charge is 2.23. The molecule has 1 atom stereocenters. The third-order valence-electron chi connectivity index (χ3n) is 4.60. The molecule has 1 aliphatic heterocycles. The van der Waals surface area contributed by atoms with Gasteiger partial charge in [0.1, 0.15) is 5.82 Å². The first-order valence-corrected chi connectivity index (χ1v) is 9.22. The van der Waals surface area contributed by atoms with E-state index in [1.807, 2.05) is 18.7 Å². The molecule has 148 valence electrons. The fourth-order valence-corrected chi connectivity index (χ4v) is 2.78. The minimum atomic E-state index is -0.498. The summed E-state index contributed by atoms with van der Waals surface area (Å²) in [6.07, 6.45) is 0.884. The van der Waals surface area contributed by atoms with Gasteiger partial charge in [-0.2, -0.15) is 0 Å². The van der Waals surface area contributed by atoms with Crippen LogP contribution in [0.5, 0.6) is 0 Å². The molecule has 0 radical (unpaired) electrons. The quantitative estimate of drug-likeness (QED) is 0.729. The number of piperazine rings is 1. The highest BCUT2D eigenvalue weighted by Crippen LogP contribution is 2.04. The van der Waals surface area contributed by atoms with Crippen LogP contribution in [0.4, 0.5) is 4.39 Å². The Balaban J connectivity index is 1.71. The molecule has 1 saturated heterocycles. The summed E-state index contributed by atoms with van der Waals surface area (Å²) in [7, 11) is 0. The average Bonchev–Trinajstić information content (AvgIpc) is 2.66. The van der Waals surface area contributed by atoms with Gasteiger partial charge in [0.15, 0.2) is 0 Å². The van der Waals surface area contributed by atoms with Crippen molar-refractivity contribution < 1.29 is 18.8 Å². The van der Waals surface area contributed by atoms with Crippen LogP contribution in [0.15, 0.2) is 24.3 Å². The second-order valence-electron chi connectivity index (χ2n) is 6.73. The fraction of sp³-hybridized carbons (Fsp3) is 0.526. The van der Waals surface area contributed by atoms with Gasteiger partial charge in [-0.05, 0) is 31.5 Å². The molecule has 0 bridgehead atoms. The maximum absolute atomic E-state index is 13.1. The lowest BCUT2D eigenvalue weighted by molar-refractivity contribution is -0.132. The van der Waals surface area contributed by atoms with Crippen molar-refractivity contribution in [3.63, 3.8) is 0 Å². The van der Waals surface area contributed by atoms with Gasteiger partial charge in [0, 0.05) is 37.8 Å². The minimum Gasteiger partial charge on any atom is -0.353 e. The Morgan fingerprint density at radius 1 is 1.19 bits per heavy atom. The summed E-state index contributed by atoms with van der Waals surface area (Å²) in [6.45, 7) is 6.40. The first-order valence-electron chi connectivity index (χ1n) is 9.22. The van der Waals surface area contributed by atoms with Crippen molar-refractivity contribution in [1.82, 2.24) is 20.4 Å². The number of nitrogens with one attached hydrogen (secondary N) is 2. The van der Waals surface area contributed by atoms with Crippen LogP contribution in [0, 0.1) is 5.82 Å².